The first-order valence-electron chi connectivity index (χ1n) is 8.82. The third-order valence-corrected chi connectivity index (χ3v) is 8.69. The van der Waals surface area contributed by atoms with Gasteiger partial charge in [0.1, 0.15) is 0 Å². The average molecular weight is 750 g/mol. The van der Waals surface area contributed by atoms with Crippen molar-refractivity contribution < 1.29 is 27.1 Å². The summed E-state index contributed by atoms with van der Waals surface area (Å²) >= 11 is 29.2. The van der Waals surface area contributed by atoms with Gasteiger partial charge in [0, 0.05) is 0 Å². The zero-order chi connectivity index (χ0) is 26.2. The van der Waals surface area contributed by atoms with Gasteiger partial charge in [0.25, 0.3) is 0 Å². The predicted molar refractivity (Wildman–Crippen MR) is 168 cm³/mol. The molecule has 0 atom stereocenters. The largest absolute Gasteiger partial charge is 3.00 e. The maximum absolute atomic E-state index is 5.03. The molecule has 0 aromatic heterocycles. The van der Waals surface area contributed by atoms with Gasteiger partial charge in [-0.05, 0) is 0 Å². The molecule has 0 amide bonds. The molecule has 0 aliphatic heterocycles. The van der Waals surface area contributed by atoms with Crippen molar-refractivity contribution in [1.29, 1.82) is 0 Å². The van der Waals surface area contributed by atoms with E-state index < -0.39 is 17.1 Å². The van der Waals surface area contributed by atoms with E-state index in [0.29, 0.717) is 39.6 Å². The molecular formula is C18H30O6P3S6Sb. The monoisotopic (exact) mass is 748 g/mol. The van der Waals surface area contributed by atoms with E-state index in [4.69, 9.17) is 99.3 Å². The Balaban J connectivity index is -0.000000196. The molecule has 0 unspecified atom stereocenters. The van der Waals surface area contributed by atoms with Crippen LogP contribution in [-0.4, -0.2) is 64.1 Å². The Hall–Kier alpha value is 2.02. The number of hydrogen-bond acceptors (Lipinski definition) is 12. The van der Waals surface area contributed by atoms with Crippen molar-refractivity contribution >= 4 is 114 Å². The first-order chi connectivity index (χ1) is 15.4. The van der Waals surface area contributed by atoms with Crippen LogP contribution in [0.3, 0.4) is 0 Å². The Morgan fingerprint density at radius 2 is 0.559 bits per heavy atom. The van der Waals surface area contributed by atoms with Gasteiger partial charge in [0.05, 0.1) is 56.7 Å². The van der Waals surface area contributed by atoms with Gasteiger partial charge < -0.3 is 63.9 Å². The zero-order valence-electron chi connectivity index (χ0n) is 18.6. The van der Waals surface area contributed by atoms with Crippen LogP contribution in [0.15, 0.2) is 75.9 Å². The van der Waals surface area contributed by atoms with E-state index in [2.05, 4.69) is 39.5 Å². The molecule has 6 nitrogen and oxygen atoms in total. The molecule has 0 aromatic rings. The van der Waals surface area contributed by atoms with E-state index in [1.165, 1.54) is 0 Å². The fourth-order valence-electron chi connectivity index (χ4n) is 0.976. The summed E-state index contributed by atoms with van der Waals surface area (Å²) < 4.78 is 30.2. The fourth-order valence-corrected chi connectivity index (χ4v) is 5.12. The maximum atomic E-state index is 5.03. The summed E-state index contributed by atoms with van der Waals surface area (Å²) in [5.74, 6) is 0. The van der Waals surface area contributed by atoms with Crippen molar-refractivity contribution in [3.63, 3.8) is 0 Å². The number of hydrogen-bond donors (Lipinski definition) is 0. The van der Waals surface area contributed by atoms with Crippen LogP contribution in [0, 0.1) is 0 Å². The fraction of sp³-hybridized carbons (Fsp3) is 0.333. The van der Waals surface area contributed by atoms with Gasteiger partial charge in [-0.3, -0.25) is 0 Å². The van der Waals surface area contributed by atoms with E-state index in [9.17, 15) is 0 Å². The minimum Gasteiger partial charge on any atom is -0.691 e. The van der Waals surface area contributed by atoms with E-state index in [0.717, 1.165) is 0 Å². The third-order valence-electron chi connectivity index (χ3n) is 2.10. The van der Waals surface area contributed by atoms with Crippen LogP contribution in [0.2, 0.25) is 0 Å². The summed E-state index contributed by atoms with van der Waals surface area (Å²) in [5.41, 5.74) is -7.35. The Bertz CT molecular complexity index is 598. The third kappa shape index (κ3) is 36.2. The second kappa shape index (κ2) is 28.0. The van der Waals surface area contributed by atoms with E-state index >= 15 is 0 Å². The Kier molecular flexibility index (Phi) is 35.5. The standard InChI is InChI=1S/3C6H11O2PS2.Sb/c3*1-3-5-7-9(10,11)8-6-4-2;/h3*3-4H,1-2,5-6H2,(H,10,11);/q;;;+3/p-3. The van der Waals surface area contributed by atoms with Crippen molar-refractivity contribution in [2.24, 2.45) is 0 Å². The van der Waals surface area contributed by atoms with Crippen molar-refractivity contribution in [1.82, 2.24) is 0 Å². The van der Waals surface area contributed by atoms with Gasteiger partial charge in [0.2, 0.25) is 0 Å². The first kappa shape index (κ1) is 43.1. The average Bonchev–Trinajstić information content (AvgIpc) is 2.77. The zero-order valence-corrected chi connectivity index (χ0v) is 28.8. The van der Waals surface area contributed by atoms with Gasteiger partial charge in [-0.15, -0.1) is 39.5 Å². The molecule has 0 aliphatic carbocycles. The molecule has 0 N–H and O–H groups in total. The summed E-state index contributed by atoms with van der Waals surface area (Å²) in [7, 11) is 0. The smallest absolute Gasteiger partial charge is 0.691 e. The second-order valence-corrected chi connectivity index (χ2v) is 19.8. The normalized spacial score (nSPS) is 10.7. The van der Waals surface area contributed by atoms with Gasteiger partial charge in [0.15, 0.2) is 0 Å². The van der Waals surface area contributed by atoms with Crippen LogP contribution in [0.1, 0.15) is 0 Å². The van der Waals surface area contributed by atoms with Gasteiger partial charge in [-0.2, -0.15) is 0 Å². The van der Waals surface area contributed by atoms with E-state index in [1.807, 2.05) is 0 Å². The van der Waals surface area contributed by atoms with Crippen molar-refractivity contribution in [2.45, 2.75) is 0 Å². The molecular weight excluding hydrogens is 719 g/mol. The Labute approximate surface area is 254 Å². The summed E-state index contributed by atoms with van der Waals surface area (Å²) in [6, 6.07) is 0. The Morgan fingerprint density at radius 1 is 0.441 bits per heavy atom. The van der Waals surface area contributed by atoms with Crippen LogP contribution in [-0.2, 0) is 99.3 Å². The minimum absolute atomic E-state index is 0. The first-order valence-corrected chi connectivity index (χ1v) is 19.8. The van der Waals surface area contributed by atoms with Crippen molar-refractivity contribution in [3.8, 4) is 0 Å². The molecule has 194 valence electrons. The van der Waals surface area contributed by atoms with Crippen LogP contribution >= 0.6 is 17.1 Å². The molecule has 0 bridgehead atoms. The summed E-state index contributed by atoms with van der Waals surface area (Å²) in [6.45, 7) is 22.9. The SMILES string of the molecule is C=CCOP(=S)([S-])OCC=C.C=CCOP(=S)([S-])OCC=C.C=CCOP(=S)([S-])OCC=C.[Sb+3]. The summed E-state index contributed by atoms with van der Waals surface area (Å²) in [5, 5.41) is 0. The molecule has 2 radical (unpaired) electrons. The number of rotatable bonds is 18. The van der Waals surface area contributed by atoms with Gasteiger partial charge >= 0.3 is 24.4 Å². The van der Waals surface area contributed by atoms with Gasteiger partial charge in [-0.25, -0.2) is 0 Å². The summed E-state index contributed by atoms with van der Waals surface area (Å²) in [6.07, 6.45) is 9.53. The topological polar surface area (TPSA) is 55.4 Å². The molecule has 0 spiro atoms. The quantitative estimate of drug-likeness (QED) is 0.0705. The minimum atomic E-state index is -2.45. The molecule has 0 rings (SSSR count). The molecule has 0 saturated heterocycles. The van der Waals surface area contributed by atoms with Gasteiger partial charge in [-0.1, -0.05) is 71.9 Å². The molecule has 16 heteroatoms. The Morgan fingerprint density at radius 3 is 0.647 bits per heavy atom. The predicted octanol–water partition coefficient (Wildman–Crippen LogP) is 6.11. The summed E-state index contributed by atoms with van der Waals surface area (Å²) in [4.78, 5) is 0. The molecule has 34 heavy (non-hydrogen) atoms. The van der Waals surface area contributed by atoms with E-state index in [1.54, 1.807) is 36.5 Å². The van der Waals surface area contributed by atoms with Crippen molar-refractivity contribution in [2.75, 3.05) is 39.6 Å². The molecule has 0 aromatic carbocycles. The molecule has 0 heterocycles. The van der Waals surface area contributed by atoms with Crippen LogP contribution < -0.4 is 0 Å². The van der Waals surface area contributed by atoms with Crippen LogP contribution in [0.5, 0.6) is 0 Å². The van der Waals surface area contributed by atoms with E-state index in [-0.39, 0.29) is 24.4 Å². The molecule has 0 fully saturated rings. The van der Waals surface area contributed by atoms with Crippen LogP contribution in [0.25, 0.3) is 0 Å². The second-order valence-electron chi connectivity index (χ2n) is 4.85. The van der Waals surface area contributed by atoms with Crippen molar-refractivity contribution in [3.05, 3.63) is 75.9 Å². The molecule has 0 aliphatic rings. The van der Waals surface area contributed by atoms with Crippen LogP contribution in [0.4, 0.5) is 0 Å². The molecule has 0 saturated carbocycles. The maximum Gasteiger partial charge on any atom is 3.00 e.